The monoisotopic (exact) mass is 455 g/mol. The van der Waals surface area contributed by atoms with Crippen molar-refractivity contribution in [3.63, 3.8) is 0 Å². The SMILES string of the molecule is Cc1ccccc1C(=O)Nc1ccc(-n2cccc(C(=O)NCc3ccccc3F)c2=O)cc1. The number of carbonyl (C=O) groups excluding carboxylic acids is 2. The highest BCUT2D eigenvalue weighted by Gasteiger charge is 2.14. The van der Waals surface area contributed by atoms with Crippen LogP contribution in [0.25, 0.3) is 5.69 Å². The predicted octanol–water partition coefficient (Wildman–Crippen LogP) is 4.47. The van der Waals surface area contributed by atoms with Crippen molar-refractivity contribution >= 4 is 17.5 Å². The Bertz CT molecular complexity index is 1410. The highest BCUT2D eigenvalue weighted by Crippen LogP contribution is 2.15. The zero-order chi connectivity index (χ0) is 24.1. The Morgan fingerprint density at radius 1 is 0.824 bits per heavy atom. The molecule has 0 radical (unpaired) electrons. The number of aryl methyl sites for hydroxylation is 1. The fraction of sp³-hybridized carbons (Fsp3) is 0.0741. The van der Waals surface area contributed by atoms with Gasteiger partial charge in [-0.2, -0.15) is 0 Å². The number of hydrogen-bond donors (Lipinski definition) is 2. The highest BCUT2D eigenvalue weighted by molar-refractivity contribution is 6.05. The molecule has 0 aliphatic rings. The van der Waals surface area contributed by atoms with E-state index >= 15 is 0 Å². The van der Waals surface area contributed by atoms with Gasteiger partial charge in [0, 0.05) is 35.2 Å². The van der Waals surface area contributed by atoms with E-state index in [0.717, 1.165) is 5.56 Å². The van der Waals surface area contributed by atoms with Crippen LogP contribution < -0.4 is 16.2 Å². The zero-order valence-electron chi connectivity index (χ0n) is 18.4. The lowest BCUT2D eigenvalue weighted by molar-refractivity contribution is 0.0948. The van der Waals surface area contributed by atoms with Gasteiger partial charge in [-0.15, -0.1) is 0 Å². The molecule has 4 rings (SSSR count). The topological polar surface area (TPSA) is 80.2 Å². The van der Waals surface area contributed by atoms with Gasteiger partial charge in [0.1, 0.15) is 11.4 Å². The maximum atomic E-state index is 13.8. The molecule has 0 bridgehead atoms. The first kappa shape index (κ1) is 22.7. The summed E-state index contributed by atoms with van der Waals surface area (Å²) in [6.07, 6.45) is 1.55. The van der Waals surface area contributed by atoms with Crippen LogP contribution in [0.2, 0.25) is 0 Å². The van der Waals surface area contributed by atoms with E-state index in [4.69, 9.17) is 0 Å². The molecule has 34 heavy (non-hydrogen) atoms. The maximum Gasteiger partial charge on any atom is 0.267 e. The van der Waals surface area contributed by atoms with Crippen LogP contribution in [-0.4, -0.2) is 16.4 Å². The molecule has 0 unspecified atom stereocenters. The first-order valence-electron chi connectivity index (χ1n) is 10.6. The number of benzene rings is 3. The van der Waals surface area contributed by atoms with Gasteiger partial charge in [-0.3, -0.25) is 19.0 Å². The van der Waals surface area contributed by atoms with Gasteiger partial charge in [-0.05, 0) is 61.0 Å². The van der Waals surface area contributed by atoms with Crippen LogP contribution in [0.1, 0.15) is 31.8 Å². The average molecular weight is 455 g/mol. The number of carbonyl (C=O) groups is 2. The summed E-state index contributed by atoms with van der Waals surface area (Å²) in [5, 5.41) is 5.42. The van der Waals surface area contributed by atoms with Crippen molar-refractivity contribution in [2.24, 2.45) is 0 Å². The number of pyridine rings is 1. The lowest BCUT2D eigenvalue weighted by atomic mass is 10.1. The predicted molar refractivity (Wildman–Crippen MR) is 129 cm³/mol. The van der Waals surface area contributed by atoms with Crippen LogP contribution in [0.3, 0.4) is 0 Å². The molecule has 0 saturated heterocycles. The van der Waals surface area contributed by atoms with Crippen molar-refractivity contribution in [3.05, 3.63) is 130 Å². The first-order chi connectivity index (χ1) is 16.4. The van der Waals surface area contributed by atoms with Gasteiger partial charge < -0.3 is 10.6 Å². The molecular formula is C27H22FN3O3. The molecule has 4 aromatic rings. The lowest BCUT2D eigenvalue weighted by Gasteiger charge is -2.11. The Morgan fingerprint density at radius 2 is 1.50 bits per heavy atom. The third-order valence-electron chi connectivity index (χ3n) is 5.38. The quantitative estimate of drug-likeness (QED) is 0.450. The normalized spacial score (nSPS) is 10.5. The highest BCUT2D eigenvalue weighted by atomic mass is 19.1. The van der Waals surface area contributed by atoms with E-state index in [1.54, 1.807) is 66.9 Å². The molecule has 0 spiro atoms. The lowest BCUT2D eigenvalue weighted by Crippen LogP contribution is -2.32. The van der Waals surface area contributed by atoms with Crippen molar-refractivity contribution in [1.29, 1.82) is 0 Å². The number of anilines is 1. The summed E-state index contributed by atoms with van der Waals surface area (Å²) < 4.78 is 15.1. The fourth-order valence-corrected chi connectivity index (χ4v) is 3.51. The summed E-state index contributed by atoms with van der Waals surface area (Å²) in [6, 6.07) is 23.1. The minimum Gasteiger partial charge on any atom is -0.348 e. The van der Waals surface area contributed by atoms with Gasteiger partial charge in [-0.25, -0.2) is 4.39 Å². The minimum absolute atomic E-state index is 0.0326. The minimum atomic E-state index is -0.593. The molecular weight excluding hydrogens is 433 g/mol. The summed E-state index contributed by atoms with van der Waals surface area (Å²) >= 11 is 0. The Labute approximate surface area is 195 Å². The zero-order valence-corrected chi connectivity index (χ0v) is 18.4. The Morgan fingerprint density at radius 3 is 2.24 bits per heavy atom. The maximum absolute atomic E-state index is 13.8. The number of hydrogen-bond acceptors (Lipinski definition) is 3. The molecule has 0 aliphatic carbocycles. The second kappa shape index (κ2) is 9.95. The van der Waals surface area contributed by atoms with E-state index in [1.165, 1.54) is 16.7 Å². The molecule has 1 aromatic heterocycles. The molecule has 0 saturated carbocycles. The molecule has 170 valence electrons. The first-order valence-corrected chi connectivity index (χ1v) is 10.6. The van der Waals surface area contributed by atoms with Gasteiger partial charge in [0.15, 0.2) is 0 Å². The third kappa shape index (κ3) is 4.94. The van der Waals surface area contributed by atoms with E-state index in [-0.39, 0.29) is 18.0 Å². The van der Waals surface area contributed by atoms with Crippen molar-refractivity contribution < 1.29 is 14.0 Å². The number of amides is 2. The van der Waals surface area contributed by atoms with Crippen molar-refractivity contribution in [1.82, 2.24) is 9.88 Å². The summed E-state index contributed by atoms with van der Waals surface area (Å²) in [4.78, 5) is 38.0. The van der Waals surface area contributed by atoms with Crippen LogP contribution in [0, 0.1) is 12.7 Å². The van der Waals surface area contributed by atoms with Crippen molar-refractivity contribution in [3.8, 4) is 5.69 Å². The molecule has 1 heterocycles. The molecule has 0 atom stereocenters. The van der Waals surface area contributed by atoms with E-state index in [2.05, 4.69) is 10.6 Å². The Kier molecular flexibility index (Phi) is 6.64. The summed E-state index contributed by atoms with van der Waals surface area (Å²) in [5.74, 6) is -1.25. The average Bonchev–Trinajstić information content (AvgIpc) is 2.84. The molecule has 0 aliphatic heterocycles. The van der Waals surface area contributed by atoms with Crippen LogP contribution in [0.15, 0.2) is 95.9 Å². The third-order valence-corrected chi connectivity index (χ3v) is 5.38. The standard InChI is InChI=1S/C27H22FN3O3/c1-18-7-2-4-9-22(18)26(33)30-20-12-14-21(15-13-20)31-16-6-10-23(27(31)34)25(32)29-17-19-8-3-5-11-24(19)28/h2-16H,17H2,1H3,(H,29,32)(H,30,33). The summed E-state index contributed by atoms with van der Waals surface area (Å²) in [5.41, 5.74) is 2.31. The van der Waals surface area contributed by atoms with Gasteiger partial charge >= 0.3 is 0 Å². The van der Waals surface area contributed by atoms with Gasteiger partial charge in [-0.1, -0.05) is 36.4 Å². The molecule has 7 heteroatoms. The molecule has 2 N–H and O–H groups in total. The second-order valence-electron chi connectivity index (χ2n) is 7.69. The van der Waals surface area contributed by atoms with Gasteiger partial charge in [0.25, 0.3) is 17.4 Å². The van der Waals surface area contributed by atoms with E-state index in [1.807, 2.05) is 19.1 Å². The summed E-state index contributed by atoms with van der Waals surface area (Å²) in [6.45, 7) is 1.83. The molecule has 2 amide bonds. The van der Waals surface area contributed by atoms with E-state index < -0.39 is 17.3 Å². The van der Waals surface area contributed by atoms with Crippen molar-refractivity contribution in [2.45, 2.75) is 13.5 Å². The van der Waals surface area contributed by atoms with Gasteiger partial charge in [0.05, 0.1) is 0 Å². The van der Waals surface area contributed by atoms with Gasteiger partial charge in [0.2, 0.25) is 0 Å². The molecule has 0 fully saturated rings. The Balaban J connectivity index is 1.49. The van der Waals surface area contributed by atoms with Crippen LogP contribution in [0.4, 0.5) is 10.1 Å². The largest absolute Gasteiger partial charge is 0.348 e. The number of nitrogens with zero attached hydrogens (tertiary/aromatic N) is 1. The molecule has 6 nitrogen and oxygen atoms in total. The van der Waals surface area contributed by atoms with Crippen LogP contribution in [0.5, 0.6) is 0 Å². The smallest absolute Gasteiger partial charge is 0.267 e. The Hall–Kier alpha value is -4.52. The van der Waals surface area contributed by atoms with Crippen molar-refractivity contribution in [2.75, 3.05) is 5.32 Å². The van der Waals surface area contributed by atoms with Crippen LogP contribution >= 0.6 is 0 Å². The number of halogens is 1. The van der Waals surface area contributed by atoms with E-state index in [0.29, 0.717) is 22.5 Å². The van der Waals surface area contributed by atoms with Crippen LogP contribution in [-0.2, 0) is 6.54 Å². The number of nitrogens with one attached hydrogen (secondary N) is 2. The molecule has 3 aromatic carbocycles. The number of rotatable bonds is 6. The number of aromatic nitrogens is 1. The summed E-state index contributed by atoms with van der Waals surface area (Å²) in [7, 11) is 0. The fourth-order valence-electron chi connectivity index (χ4n) is 3.51. The van der Waals surface area contributed by atoms with E-state index in [9.17, 15) is 18.8 Å². The second-order valence-corrected chi connectivity index (χ2v) is 7.69.